The third-order valence-corrected chi connectivity index (χ3v) is 4.90. The lowest BCUT2D eigenvalue weighted by Crippen LogP contribution is -2.51. The number of aliphatic hydroxyl groups excluding tert-OH is 2. The van der Waals surface area contributed by atoms with Crippen molar-refractivity contribution in [1.82, 2.24) is 4.72 Å². The summed E-state index contributed by atoms with van der Waals surface area (Å²) in [7, 11) is -4.08. The predicted octanol–water partition coefficient (Wildman–Crippen LogP) is 0.0232. The number of carbonyl (C=O) groups is 1. The molecule has 0 aliphatic carbocycles. The van der Waals surface area contributed by atoms with Gasteiger partial charge in [0.2, 0.25) is 10.0 Å². The van der Waals surface area contributed by atoms with Crippen LogP contribution in [0.15, 0.2) is 17.0 Å². The van der Waals surface area contributed by atoms with Gasteiger partial charge in [-0.1, -0.05) is 6.07 Å². The second-order valence-corrected chi connectivity index (χ2v) is 6.87. The van der Waals surface area contributed by atoms with Gasteiger partial charge in [-0.15, -0.1) is 0 Å². The zero-order valence-corrected chi connectivity index (χ0v) is 12.9. The molecule has 0 fully saturated rings. The van der Waals surface area contributed by atoms with Crippen molar-refractivity contribution < 1.29 is 28.5 Å². The summed E-state index contributed by atoms with van der Waals surface area (Å²) >= 11 is 0. The molecule has 8 heteroatoms. The Morgan fingerprint density at radius 3 is 2.14 bits per heavy atom. The average Bonchev–Trinajstić information content (AvgIpc) is 2.37. The Balaban J connectivity index is 3.39. The summed E-state index contributed by atoms with van der Waals surface area (Å²) in [6, 6.07) is 2.54. The first kappa shape index (κ1) is 17.6. The molecule has 1 aromatic carbocycles. The number of aryl methyl sites for hydroxylation is 2. The second kappa shape index (κ2) is 6.10. The summed E-state index contributed by atoms with van der Waals surface area (Å²) in [4.78, 5) is 10.9. The van der Waals surface area contributed by atoms with E-state index in [1.54, 1.807) is 13.8 Å². The molecule has 0 aliphatic heterocycles. The fourth-order valence-corrected chi connectivity index (χ4v) is 3.49. The number of carboxylic acids is 1. The smallest absolute Gasteiger partial charge is 0.335 e. The highest BCUT2D eigenvalue weighted by Gasteiger charge is 2.31. The van der Waals surface area contributed by atoms with Crippen molar-refractivity contribution >= 4 is 16.0 Å². The molecule has 4 N–H and O–H groups in total. The van der Waals surface area contributed by atoms with Crippen LogP contribution in [0, 0.1) is 13.8 Å². The minimum absolute atomic E-state index is 0.115. The average molecular weight is 317 g/mol. The Morgan fingerprint density at radius 2 is 1.71 bits per heavy atom. The molecule has 1 aromatic rings. The van der Waals surface area contributed by atoms with Crippen molar-refractivity contribution in [3.8, 4) is 0 Å². The molecular weight excluding hydrogens is 298 g/mol. The number of hydrogen-bond acceptors (Lipinski definition) is 5. The SMILES string of the molecule is Cc1cc(C)c(S(=O)(=O)NC(C)(CO)CO)cc1C(=O)O. The summed E-state index contributed by atoms with van der Waals surface area (Å²) < 4.78 is 26.9. The number of sulfonamides is 1. The molecule has 0 aromatic heterocycles. The van der Waals surface area contributed by atoms with E-state index in [9.17, 15) is 23.4 Å². The highest BCUT2D eigenvalue weighted by atomic mass is 32.2. The van der Waals surface area contributed by atoms with Gasteiger partial charge >= 0.3 is 5.97 Å². The highest BCUT2D eigenvalue weighted by molar-refractivity contribution is 7.89. The van der Waals surface area contributed by atoms with E-state index in [2.05, 4.69) is 4.72 Å². The first-order chi connectivity index (χ1) is 9.56. The van der Waals surface area contributed by atoms with Crippen LogP contribution in [-0.4, -0.2) is 48.5 Å². The number of carboxylic acid groups (broad SMARTS) is 1. The monoisotopic (exact) mass is 317 g/mol. The molecule has 21 heavy (non-hydrogen) atoms. The quantitative estimate of drug-likeness (QED) is 0.586. The largest absolute Gasteiger partial charge is 0.478 e. The number of aliphatic hydroxyl groups is 2. The number of nitrogens with one attached hydrogen (secondary N) is 1. The van der Waals surface area contributed by atoms with E-state index < -0.39 is 34.7 Å². The topological polar surface area (TPSA) is 124 Å². The lowest BCUT2D eigenvalue weighted by atomic mass is 10.1. The molecule has 0 heterocycles. The Morgan fingerprint density at radius 1 is 1.19 bits per heavy atom. The van der Waals surface area contributed by atoms with Crippen LogP contribution >= 0.6 is 0 Å². The molecule has 1 rings (SSSR count). The van der Waals surface area contributed by atoms with E-state index in [-0.39, 0.29) is 10.5 Å². The maximum Gasteiger partial charge on any atom is 0.335 e. The van der Waals surface area contributed by atoms with Gasteiger partial charge in [0.05, 0.1) is 29.2 Å². The minimum atomic E-state index is -4.08. The van der Waals surface area contributed by atoms with Gasteiger partial charge in [-0.05, 0) is 38.0 Å². The van der Waals surface area contributed by atoms with Crippen LogP contribution in [0.25, 0.3) is 0 Å². The van der Waals surface area contributed by atoms with Gasteiger partial charge in [0.1, 0.15) is 0 Å². The molecule has 0 atom stereocenters. The number of benzene rings is 1. The maximum absolute atomic E-state index is 12.3. The zero-order valence-electron chi connectivity index (χ0n) is 12.0. The number of aromatic carboxylic acids is 1. The van der Waals surface area contributed by atoms with E-state index in [1.165, 1.54) is 13.0 Å². The Labute approximate surface area is 123 Å². The standard InChI is InChI=1S/C13H19NO6S/c1-8-4-9(2)11(5-10(8)12(17)18)21(19,20)14-13(3,6-15)7-16/h4-5,14-16H,6-7H2,1-3H3,(H,17,18). The summed E-state index contributed by atoms with van der Waals surface area (Å²) in [6.07, 6.45) is 0. The van der Waals surface area contributed by atoms with Crippen molar-refractivity contribution in [3.63, 3.8) is 0 Å². The Hall–Kier alpha value is -1.48. The summed E-state index contributed by atoms with van der Waals surface area (Å²) in [5.74, 6) is -1.23. The molecule has 7 nitrogen and oxygen atoms in total. The third kappa shape index (κ3) is 3.79. The number of rotatable bonds is 6. The van der Waals surface area contributed by atoms with E-state index in [1.807, 2.05) is 0 Å². The lowest BCUT2D eigenvalue weighted by Gasteiger charge is -2.26. The zero-order chi connectivity index (χ0) is 16.4. The number of hydrogen-bond donors (Lipinski definition) is 4. The molecule has 118 valence electrons. The lowest BCUT2D eigenvalue weighted by molar-refractivity contribution is 0.0696. The van der Waals surface area contributed by atoms with Crippen LogP contribution in [0.5, 0.6) is 0 Å². The molecule has 0 spiro atoms. The molecule has 0 aliphatic rings. The third-order valence-electron chi connectivity index (χ3n) is 3.12. The maximum atomic E-state index is 12.3. The summed E-state index contributed by atoms with van der Waals surface area (Å²) in [5.41, 5.74) is -0.718. The first-order valence-corrected chi connectivity index (χ1v) is 7.65. The van der Waals surface area contributed by atoms with E-state index >= 15 is 0 Å². The molecule has 0 saturated carbocycles. The molecular formula is C13H19NO6S. The van der Waals surface area contributed by atoms with Gasteiger partial charge in [0.25, 0.3) is 0 Å². The van der Waals surface area contributed by atoms with Crippen LogP contribution in [0.1, 0.15) is 28.4 Å². The fourth-order valence-electron chi connectivity index (χ4n) is 1.85. The summed E-state index contributed by atoms with van der Waals surface area (Å²) in [6.45, 7) is 3.26. The molecule has 0 bridgehead atoms. The van der Waals surface area contributed by atoms with Gasteiger partial charge < -0.3 is 15.3 Å². The van der Waals surface area contributed by atoms with Crippen LogP contribution < -0.4 is 4.72 Å². The van der Waals surface area contributed by atoms with E-state index in [0.717, 1.165) is 6.07 Å². The normalized spacial score (nSPS) is 12.4. The minimum Gasteiger partial charge on any atom is -0.478 e. The second-order valence-electron chi connectivity index (χ2n) is 5.22. The van der Waals surface area contributed by atoms with E-state index in [4.69, 9.17) is 5.11 Å². The van der Waals surface area contributed by atoms with Crippen LogP contribution in [0.2, 0.25) is 0 Å². The van der Waals surface area contributed by atoms with Gasteiger partial charge in [-0.2, -0.15) is 0 Å². The van der Waals surface area contributed by atoms with Crippen LogP contribution in [-0.2, 0) is 10.0 Å². The Kier molecular flexibility index (Phi) is 5.11. The Bertz CT molecular complexity index is 649. The van der Waals surface area contributed by atoms with Crippen molar-refractivity contribution in [2.45, 2.75) is 31.2 Å². The van der Waals surface area contributed by atoms with Gasteiger partial charge in [-0.3, -0.25) is 0 Å². The highest BCUT2D eigenvalue weighted by Crippen LogP contribution is 2.22. The van der Waals surface area contributed by atoms with Crippen molar-refractivity contribution in [3.05, 3.63) is 28.8 Å². The molecule has 0 amide bonds. The van der Waals surface area contributed by atoms with Crippen LogP contribution in [0.4, 0.5) is 0 Å². The molecule has 0 unspecified atom stereocenters. The van der Waals surface area contributed by atoms with Crippen molar-refractivity contribution in [2.75, 3.05) is 13.2 Å². The van der Waals surface area contributed by atoms with Gasteiger partial charge in [0.15, 0.2) is 0 Å². The predicted molar refractivity (Wildman–Crippen MR) is 75.8 cm³/mol. The first-order valence-electron chi connectivity index (χ1n) is 6.16. The van der Waals surface area contributed by atoms with Gasteiger partial charge in [0, 0.05) is 0 Å². The summed E-state index contributed by atoms with van der Waals surface area (Å²) in [5, 5.41) is 27.4. The van der Waals surface area contributed by atoms with E-state index in [0.29, 0.717) is 11.1 Å². The van der Waals surface area contributed by atoms with Crippen LogP contribution in [0.3, 0.4) is 0 Å². The molecule has 0 radical (unpaired) electrons. The van der Waals surface area contributed by atoms with Crippen molar-refractivity contribution in [2.24, 2.45) is 0 Å². The van der Waals surface area contributed by atoms with Crippen molar-refractivity contribution in [1.29, 1.82) is 0 Å². The van der Waals surface area contributed by atoms with Gasteiger partial charge in [-0.25, -0.2) is 17.9 Å². The fraction of sp³-hybridized carbons (Fsp3) is 0.462. The molecule has 0 saturated heterocycles.